The second-order valence-corrected chi connectivity index (χ2v) is 7.90. The van der Waals surface area contributed by atoms with Gasteiger partial charge in [-0.2, -0.15) is 0 Å². The maximum absolute atomic E-state index is 11.1. The van der Waals surface area contributed by atoms with Crippen molar-refractivity contribution in [2.24, 2.45) is 0 Å². The highest BCUT2D eigenvalue weighted by molar-refractivity contribution is 5.87. The van der Waals surface area contributed by atoms with Crippen molar-refractivity contribution in [1.29, 1.82) is 0 Å². The first-order valence-corrected chi connectivity index (χ1v) is 10.4. The van der Waals surface area contributed by atoms with E-state index in [1.165, 1.54) is 5.56 Å². The van der Waals surface area contributed by atoms with Crippen LogP contribution in [0.2, 0.25) is 0 Å². The maximum Gasteiger partial charge on any atom is 0.335 e. The molecular formula is C26H30N2O3. The van der Waals surface area contributed by atoms with Crippen molar-refractivity contribution in [1.82, 2.24) is 9.80 Å². The second kappa shape index (κ2) is 11.3. The van der Waals surface area contributed by atoms with E-state index >= 15 is 0 Å². The predicted octanol–water partition coefficient (Wildman–Crippen LogP) is 4.53. The molecule has 0 radical (unpaired) electrons. The van der Waals surface area contributed by atoms with Gasteiger partial charge in [-0.05, 0) is 55.1 Å². The summed E-state index contributed by atoms with van der Waals surface area (Å²) >= 11 is 0. The van der Waals surface area contributed by atoms with Crippen LogP contribution in [-0.4, -0.2) is 48.1 Å². The molecule has 0 saturated carbocycles. The summed E-state index contributed by atoms with van der Waals surface area (Å²) in [5, 5.41) is 9.13. The lowest BCUT2D eigenvalue weighted by Gasteiger charge is -2.22. The zero-order valence-corrected chi connectivity index (χ0v) is 18.2. The first kappa shape index (κ1) is 22.5. The Kier molecular flexibility index (Phi) is 8.21. The number of hydrogen-bond acceptors (Lipinski definition) is 4. The summed E-state index contributed by atoms with van der Waals surface area (Å²) in [6, 6.07) is 25.5. The van der Waals surface area contributed by atoms with Crippen LogP contribution in [0.3, 0.4) is 0 Å². The number of carbonyl (C=O) groups is 1. The molecular weight excluding hydrogens is 388 g/mol. The molecule has 0 atom stereocenters. The summed E-state index contributed by atoms with van der Waals surface area (Å²) in [4.78, 5) is 15.6. The van der Waals surface area contributed by atoms with Gasteiger partial charge in [0.1, 0.15) is 12.4 Å². The molecule has 1 N–H and O–H groups in total. The van der Waals surface area contributed by atoms with Crippen molar-refractivity contribution in [3.8, 4) is 5.75 Å². The van der Waals surface area contributed by atoms with E-state index in [4.69, 9.17) is 9.84 Å². The Morgan fingerprint density at radius 1 is 0.774 bits per heavy atom. The summed E-state index contributed by atoms with van der Waals surface area (Å²) < 4.78 is 5.85. The number of carboxylic acid groups (broad SMARTS) is 1. The summed E-state index contributed by atoms with van der Waals surface area (Å²) in [5.41, 5.74) is 3.74. The highest BCUT2D eigenvalue weighted by Gasteiger charge is 2.07. The quantitative estimate of drug-likeness (QED) is 0.496. The topological polar surface area (TPSA) is 53.0 Å². The fourth-order valence-electron chi connectivity index (χ4n) is 3.36. The van der Waals surface area contributed by atoms with E-state index in [2.05, 4.69) is 48.2 Å². The van der Waals surface area contributed by atoms with Crippen LogP contribution in [0.5, 0.6) is 5.75 Å². The van der Waals surface area contributed by atoms with Gasteiger partial charge in [0.15, 0.2) is 0 Å². The number of nitrogens with zero attached hydrogens (tertiary/aromatic N) is 2. The van der Waals surface area contributed by atoms with Crippen LogP contribution in [0, 0.1) is 0 Å². The van der Waals surface area contributed by atoms with Crippen molar-refractivity contribution in [2.45, 2.75) is 19.7 Å². The van der Waals surface area contributed by atoms with E-state index in [1.807, 2.05) is 36.4 Å². The molecule has 5 heteroatoms. The molecule has 0 bridgehead atoms. The summed E-state index contributed by atoms with van der Waals surface area (Å²) in [5.74, 6) is -0.0145. The lowest BCUT2D eigenvalue weighted by molar-refractivity contribution is 0.0696. The Morgan fingerprint density at radius 3 is 2.03 bits per heavy atom. The first-order valence-electron chi connectivity index (χ1n) is 10.4. The third kappa shape index (κ3) is 7.55. The van der Waals surface area contributed by atoms with Crippen LogP contribution in [0.25, 0.3) is 0 Å². The van der Waals surface area contributed by atoms with Crippen LogP contribution in [0.4, 0.5) is 0 Å². The Labute approximate surface area is 184 Å². The molecule has 0 saturated heterocycles. The van der Waals surface area contributed by atoms with Gasteiger partial charge in [-0.15, -0.1) is 0 Å². The van der Waals surface area contributed by atoms with Crippen LogP contribution in [-0.2, 0) is 19.7 Å². The van der Waals surface area contributed by atoms with Gasteiger partial charge in [-0.25, -0.2) is 4.79 Å². The largest absolute Gasteiger partial charge is 0.489 e. The van der Waals surface area contributed by atoms with Crippen LogP contribution in [0.1, 0.15) is 27.0 Å². The molecule has 0 aromatic heterocycles. The number of hydrogen-bond donors (Lipinski definition) is 1. The molecule has 0 aliphatic carbocycles. The van der Waals surface area contributed by atoms with Crippen LogP contribution >= 0.6 is 0 Å². The summed E-state index contributed by atoms with van der Waals surface area (Å²) in [7, 11) is 4.17. The standard InChI is InChI=1S/C26H30N2O3/c1-27(15-16-28(2)19-23-9-6-10-24(17-23)26(29)30)18-21-11-13-25(14-12-21)31-20-22-7-4-3-5-8-22/h3-14,17H,15-16,18-20H2,1-2H3,(H,29,30). The van der Waals surface area contributed by atoms with E-state index in [0.29, 0.717) is 12.2 Å². The fourth-order valence-corrected chi connectivity index (χ4v) is 3.36. The minimum atomic E-state index is -0.888. The van der Waals surface area contributed by atoms with E-state index in [9.17, 15) is 4.79 Å². The summed E-state index contributed by atoms with van der Waals surface area (Å²) in [6.45, 7) is 3.97. The second-order valence-electron chi connectivity index (χ2n) is 7.90. The molecule has 0 fully saturated rings. The molecule has 5 nitrogen and oxygen atoms in total. The van der Waals surface area contributed by atoms with Crippen molar-refractivity contribution >= 4 is 5.97 Å². The molecule has 3 rings (SSSR count). The van der Waals surface area contributed by atoms with Gasteiger partial charge < -0.3 is 19.6 Å². The maximum atomic E-state index is 11.1. The zero-order valence-electron chi connectivity index (χ0n) is 18.2. The molecule has 0 amide bonds. The van der Waals surface area contributed by atoms with E-state index in [1.54, 1.807) is 18.2 Å². The molecule has 0 heterocycles. The third-order valence-corrected chi connectivity index (χ3v) is 5.11. The Bertz CT molecular complexity index is 958. The lowest BCUT2D eigenvalue weighted by Crippen LogP contribution is -2.30. The van der Waals surface area contributed by atoms with Gasteiger partial charge in [-0.1, -0.05) is 54.6 Å². The first-order chi connectivity index (χ1) is 15.0. The average Bonchev–Trinajstić information content (AvgIpc) is 2.78. The molecule has 0 spiro atoms. The minimum Gasteiger partial charge on any atom is -0.489 e. The minimum absolute atomic E-state index is 0.333. The Morgan fingerprint density at radius 2 is 1.39 bits per heavy atom. The molecule has 0 unspecified atom stereocenters. The SMILES string of the molecule is CN(CCN(C)Cc1cccc(C(=O)O)c1)Cc1ccc(OCc2ccccc2)cc1. The zero-order chi connectivity index (χ0) is 22.1. The number of ether oxygens (including phenoxy) is 1. The number of benzene rings is 3. The normalized spacial score (nSPS) is 11.1. The van der Waals surface area contributed by atoms with Gasteiger partial charge in [0, 0.05) is 26.2 Å². The fraction of sp³-hybridized carbons (Fsp3) is 0.269. The van der Waals surface area contributed by atoms with Crippen LogP contribution < -0.4 is 4.74 Å². The molecule has 162 valence electrons. The van der Waals surface area contributed by atoms with Crippen molar-refractivity contribution in [3.05, 3.63) is 101 Å². The number of likely N-dealkylation sites (N-methyl/N-ethyl adjacent to an activating group) is 2. The molecule has 3 aromatic rings. The Balaban J connectivity index is 1.41. The number of aromatic carboxylic acids is 1. The van der Waals surface area contributed by atoms with Gasteiger partial charge in [0.2, 0.25) is 0 Å². The number of rotatable bonds is 11. The smallest absolute Gasteiger partial charge is 0.335 e. The van der Waals surface area contributed by atoms with E-state index in [-0.39, 0.29) is 0 Å². The van der Waals surface area contributed by atoms with Crippen molar-refractivity contribution in [2.75, 3.05) is 27.2 Å². The van der Waals surface area contributed by atoms with E-state index < -0.39 is 5.97 Å². The Hall–Kier alpha value is -3.15. The van der Waals surface area contributed by atoms with Gasteiger partial charge >= 0.3 is 5.97 Å². The van der Waals surface area contributed by atoms with Gasteiger partial charge in [0.05, 0.1) is 5.56 Å². The highest BCUT2D eigenvalue weighted by atomic mass is 16.5. The average molecular weight is 419 g/mol. The predicted molar refractivity (Wildman–Crippen MR) is 123 cm³/mol. The molecule has 3 aromatic carbocycles. The molecule has 0 aliphatic heterocycles. The number of carboxylic acids is 1. The van der Waals surface area contributed by atoms with E-state index in [0.717, 1.165) is 43.1 Å². The monoisotopic (exact) mass is 418 g/mol. The van der Waals surface area contributed by atoms with Crippen molar-refractivity contribution in [3.63, 3.8) is 0 Å². The van der Waals surface area contributed by atoms with Gasteiger partial charge in [0.25, 0.3) is 0 Å². The lowest BCUT2D eigenvalue weighted by atomic mass is 10.1. The van der Waals surface area contributed by atoms with Crippen LogP contribution in [0.15, 0.2) is 78.9 Å². The molecule has 31 heavy (non-hydrogen) atoms. The van der Waals surface area contributed by atoms with Crippen molar-refractivity contribution < 1.29 is 14.6 Å². The highest BCUT2D eigenvalue weighted by Crippen LogP contribution is 2.15. The van der Waals surface area contributed by atoms with Gasteiger partial charge in [-0.3, -0.25) is 0 Å². The molecule has 0 aliphatic rings. The third-order valence-electron chi connectivity index (χ3n) is 5.11. The summed E-state index contributed by atoms with van der Waals surface area (Å²) in [6.07, 6.45) is 0.